The molecule has 0 saturated heterocycles. The SMILES string of the molecule is c1ccc(-c2ccnc(-n3c4cccnc4c4c5ccccc5oc43)n2)cc1. The highest BCUT2D eigenvalue weighted by Crippen LogP contribution is 2.37. The molecular formula is C23H14N4O. The Morgan fingerprint density at radius 2 is 1.61 bits per heavy atom. The van der Waals surface area contributed by atoms with Crippen molar-refractivity contribution in [3.8, 4) is 17.2 Å². The van der Waals surface area contributed by atoms with Gasteiger partial charge < -0.3 is 4.42 Å². The van der Waals surface area contributed by atoms with Crippen molar-refractivity contribution in [3.05, 3.63) is 85.2 Å². The fourth-order valence-electron chi connectivity index (χ4n) is 3.72. The Morgan fingerprint density at radius 1 is 0.750 bits per heavy atom. The van der Waals surface area contributed by atoms with E-state index in [1.54, 1.807) is 12.4 Å². The highest BCUT2D eigenvalue weighted by Gasteiger charge is 2.21. The van der Waals surface area contributed by atoms with Crippen LogP contribution in [0.5, 0.6) is 0 Å². The van der Waals surface area contributed by atoms with Crippen LogP contribution in [-0.4, -0.2) is 19.5 Å². The predicted octanol–water partition coefficient (Wildman–Crippen LogP) is 5.38. The van der Waals surface area contributed by atoms with E-state index in [4.69, 9.17) is 9.40 Å². The highest BCUT2D eigenvalue weighted by molar-refractivity contribution is 6.18. The van der Waals surface area contributed by atoms with Crippen molar-refractivity contribution in [1.29, 1.82) is 0 Å². The Morgan fingerprint density at radius 3 is 2.54 bits per heavy atom. The molecule has 6 aromatic rings. The summed E-state index contributed by atoms with van der Waals surface area (Å²) in [4.78, 5) is 14.0. The summed E-state index contributed by atoms with van der Waals surface area (Å²) in [5.74, 6) is 0.563. The van der Waals surface area contributed by atoms with Crippen LogP contribution >= 0.6 is 0 Å². The first-order chi connectivity index (χ1) is 13.9. The van der Waals surface area contributed by atoms with E-state index in [2.05, 4.69) is 16.0 Å². The molecule has 0 aliphatic rings. The minimum Gasteiger partial charge on any atom is -0.439 e. The Hall–Kier alpha value is -3.99. The molecule has 0 fully saturated rings. The third-order valence-corrected chi connectivity index (χ3v) is 4.96. The van der Waals surface area contributed by atoms with Gasteiger partial charge in [-0.05, 0) is 24.3 Å². The number of aromatic nitrogens is 4. The molecule has 4 aromatic heterocycles. The molecule has 5 nitrogen and oxygen atoms in total. The third kappa shape index (κ3) is 2.10. The molecule has 0 atom stereocenters. The predicted molar refractivity (Wildman–Crippen MR) is 109 cm³/mol. The van der Waals surface area contributed by atoms with E-state index < -0.39 is 0 Å². The Kier molecular flexibility index (Phi) is 3.10. The van der Waals surface area contributed by atoms with Crippen LogP contribution in [-0.2, 0) is 0 Å². The van der Waals surface area contributed by atoms with Gasteiger partial charge in [0.1, 0.15) is 11.1 Å². The summed E-state index contributed by atoms with van der Waals surface area (Å²) < 4.78 is 8.16. The number of hydrogen-bond acceptors (Lipinski definition) is 4. The second-order valence-corrected chi connectivity index (χ2v) is 6.59. The lowest BCUT2D eigenvalue weighted by molar-refractivity contribution is 0.641. The number of pyridine rings is 1. The maximum atomic E-state index is 6.21. The van der Waals surface area contributed by atoms with E-state index in [1.165, 1.54) is 0 Å². The molecule has 0 N–H and O–H groups in total. The van der Waals surface area contributed by atoms with Gasteiger partial charge in [-0.1, -0.05) is 48.5 Å². The van der Waals surface area contributed by atoms with Crippen LogP contribution in [0.25, 0.3) is 50.3 Å². The minimum absolute atomic E-state index is 0.563. The summed E-state index contributed by atoms with van der Waals surface area (Å²) in [7, 11) is 0. The van der Waals surface area contributed by atoms with E-state index in [1.807, 2.05) is 71.3 Å². The van der Waals surface area contributed by atoms with Gasteiger partial charge in [-0.15, -0.1) is 0 Å². The number of rotatable bonds is 2. The number of nitrogens with zero attached hydrogens (tertiary/aromatic N) is 4. The Labute approximate surface area is 159 Å². The number of hydrogen-bond donors (Lipinski definition) is 0. The van der Waals surface area contributed by atoms with Gasteiger partial charge in [-0.2, -0.15) is 0 Å². The minimum atomic E-state index is 0.563. The molecule has 0 spiro atoms. The van der Waals surface area contributed by atoms with Crippen molar-refractivity contribution in [1.82, 2.24) is 19.5 Å². The monoisotopic (exact) mass is 362 g/mol. The third-order valence-electron chi connectivity index (χ3n) is 4.96. The first-order valence-electron chi connectivity index (χ1n) is 9.06. The van der Waals surface area contributed by atoms with E-state index >= 15 is 0 Å². The fourth-order valence-corrected chi connectivity index (χ4v) is 3.72. The molecule has 6 rings (SSSR count). The van der Waals surface area contributed by atoms with Crippen LogP contribution < -0.4 is 0 Å². The van der Waals surface area contributed by atoms with Crippen molar-refractivity contribution in [2.45, 2.75) is 0 Å². The second-order valence-electron chi connectivity index (χ2n) is 6.59. The van der Waals surface area contributed by atoms with Crippen LogP contribution in [0.3, 0.4) is 0 Å². The van der Waals surface area contributed by atoms with Crippen LogP contribution in [0, 0.1) is 0 Å². The molecule has 0 saturated carbocycles. The van der Waals surface area contributed by atoms with Crippen molar-refractivity contribution < 1.29 is 4.42 Å². The summed E-state index contributed by atoms with van der Waals surface area (Å²) in [5.41, 5.74) is 5.25. The summed E-state index contributed by atoms with van der Waals surface area (Å²) in [6.45, 7) is 0. The number of furan rings is 1. The fraction of sp³-hybridized carbons (Fsp3) is 0. The van der Waals surface area contributed by atoms with Crippen molar-refractivity contribution in [3.63, 3.8) is 0 Å². The van der Waals surface area contributed by atoms with Crippen LogP contribution in [0.1, 0.15) is 0 Å². The number of fused-ring (bicyclic) bond motifs is 5. The molecule has 4 heterocycles. The number of benzene rings is 2. The van der Waals surface area contributed by atoms with Crippen molar-refractivity contribution in [2.75, 3.05) is 0 Å². The molecule has 0 unspecified atom stereocenters. The van der Waals surface area contributed by atoms with Gasteiger partial charge in [0.25, 0.3) is 0 Å². The molecule has 0 aliphatic carbocycles. The second kappa shape index (κ2) is 5.76. The maximum Gasteiger partial charge on any atom is 0.237 e. The van der Waals surface area contributed by atoms with Gasteiger partial charge in [-0.25, -0.2) is 14.5 Å². The van der Waals surface area contributed by atoms with Gasteiger partial charge >= 0.3 is 0 Å². The van der Waals surface area contributed by atoms with E-state index in [0.717, 1.165) is 38.6 Å². The lowest BCUT2D eigenvalue weighted by Crippen LogP contribution is -2.01. The first-order valence-corrected chi connectivity index (χ1v) is 9.06. The van der Waals surface area contributed by atoms with Gasteiger partial charge in [0.2, 0.25) is 11.7 Å². The number of para-hydroxylation sites is 1. The van der Waals surface area contributed by atoms with Crippen molar-refractivity contribution >= 4 is 33.1 Å². The molecule has 2 aromatic carbocycles. The van der Waals surface area contributed by atoms with Crippen LogP contribution in [0.15, 0.2) is 89.6 Å². The van der Waals surface area contributed by atoms with E-state index in [0.29, 0.717) is 11.7 Å². The standard InChI is InChI=1S/C23H14N4O/c1-2-7-15(8-3-1)17-12-14-25-23(26-17)27-18-10-6-13-24-21(18)20-16-9-4-5-11-19(16)28-22(20)27/h1-14H. The van der Waals surface area contributed by atoms with E-state index in [9.17, 15) is 0 Å². The van der Waals surface area contributed by atoms with Gasteiger partial charge in [0.15, 0.2) is 0 Å². The molecule has 0 aliphatic heterocycles. The largest absolute Gasteiger partial charge is 0.439 e. The summed E-state index contributed by atoms with van der Waals surface area (Å²) in [6.07, 6.45) is 3.58. The molecule has 5 heteroatoms. The molecule has 0 amide bonds. The molecule has 28 heavy (non-hydrogen) atoms. The van der Waals surface area contributed by atoms with Crippen LogP contribution in [0.2, 0.25) is 0 Å². The average molecular weight is 362 g/mol. The van der Waals surface area contributed by atoms with Gasteiger partial charge in [0.05, 0.1) is 16.6 Å². The molecular weight excluding hydrogens is 348 g/mol. The normalized spacial score (nSPS) is 11.6. The van der Waals surface area contributed by atoms with E-state index in [-0.39, 0.29) is 0 Å². The Balaban J connectivity index is 1.70. The zero-order valence-corrected chi connectivity index (χ0v) is 14.8. The zero-order chi connectivity index (χ0) is 18.5. The smallest absolute Gasteiger partial charge is 0.237 e. The summed E-state index contributed by atoms with van der Waals surface area (Å²) >= 11 is 0. The summed E-state index contributed by atoms with van der Waals surface area (Å²) in [6, 6.07) is 23.9. The Bertz CT molecular complexity index is 1460. The first kappa shape index (κ1) is 15.1. The van der Waals surface area contributed by atoms with Crippen molar-refractivity contribution in [2.24, 2.45) is 0 Å². The molecule has 0 radical (unpaired) electrons. The zero-order valence-electron chi connectivity index (χ0n) is 14.8. The topological polar surface area (TPSA) is 56.7 Å². The van der Waals surface area contributed by atoms with Gasteiger partial charge in [0, 0.05) is 23.3 Å². The molecule has 0 bridgehead atoms. The lowest BCUT2D eigenvalue weighted by atomic mass is 10.1. The lowest BCUT2D eigenvalue weighted by Gasteiger charge is -2.06. The summed E-state index contributed by atoms with van der Waals surface area (Å²) in [5, 5.41) is 2.03. The van der Waals surface area contributed by atoms with Crippen LogP contribution in [0.4, 0.5) is 0 Å². The van der Waals surface area contributed by atoms with Gasteiger partial charge in [-0.3, -0.25) is 4.98 Å². The quantitative estimate of drug-likeness (QED) is 0.415. The molecule has 132 valence electrons. The highest BCUT2D eigenvalue weighted by atomic mass is 16.3. The average Bonchev–Trinajstić information content (AvgIpc) is 3.29. The maximum absolute atomic E-state index is 6.21.